The van der Waals surface area contributed by atoms with E-state index in [0.29, 0.717) is 0 Å². The molecule has 1 saturated carbocycles. The summed E-state index contributed by atoms with van der Waals surface area (Å²) < 4.78 is 0. The zero-order valence-electron chi connectivity index (χ0n) is 9.51. The van der Waals surface area contributed by atoms with Gasteiger partial charge in [-0.2, -0.15) is 0 Å². The molecule has 0 aromatic carbocycles. The molecule has 0 saturated heterocycles. The monoisotopic (exact) mass is 184 g/mol. The Bertz CT molecular complexity index is 149. The van der Waals surface area contributed by atoms with Gasteiger partial charge in [-0.15, -0.1) is 0 Å². The molecule has 0 atom stereocenters. The normalized spacial score (nSPS) is 33.9. The smallest absolute Gasteiger partial charge is 0.0653 e. The molecule has 0 aliphatic heterocycles. The number of hydrogen-bond acceptors (Lipinski definition) is 1. The molecule has 13 heavy (non-hydrogen) atoms. The van der Waals surface area contributed by atoms with E-state index in [1.807, 2.05) is 0 Å². The van der Waals surface area contributed by atoms with E-state index in [-0.39, 0.29) is 5.60 Å². The first kappa shape index (κ1) is 11.0. The van der Waals surface area contributed by atoms with Crippen LogP contribution in [0.3, 0.4) is 0 Å². The second-order valence-electron chi connectivity index (χ2n) is 5.57. The molecule has 0 aromatic heterocycles. The van der Waals surface area contributed by atoms with Gasteiger partial charge in [0.1, 0.15) is 0 Å². The lowest BCUT2D eigenvalue weighted by Gasteiger charge is -2.46. The maximum absolute atomic E-state index is 10.1. The van der Waals surface area contributed by atoms with Gasteiger partial charge in [-0.3, -0.25) is 0 Å². The van der Waals surface area contributed by atoms with Crippen molar-refractivity contribution in [2.24, 2.45) is 17.8 Å². The van der Waals surface area contributed by atoms with E-state index in [4.69, 9.17) is 0 Å². The number of rotatable bonds is 4. The van der Waals surface area contributed by atoms with Gasteiger partial charge >= 0.3 is 0 Å². The molecule has 0 bridgehead atoms. The van der Waals surface area contributed by atoms with Crippen LogP contribution in [0.5, 0.6) is 0 Å². The van der Waals surface area contributed by atoms with Crippen molar-refractivity contribution in [2.45, 2.75) is 59.0 Å². The SMILES string of the molecule is CC(C)CCC1(O)CC(C(C)C)C1. The highest BCUT2D eigenvalue weighted by molar-refractivity contribution is 4.94. The highest BCUT2D eigenvalue weighted by Gasteiger charge is 2.42. The fourth-order valence-electron chi connectivity index (χ4n) is 2.15. The van der Waals surface area contributed by atoms with Crippen LogP contribution in [0.1, 0.15) is 53.4 Å². The van der Waals surface area contributed by atoms with E-state index >= 15 is 0 Å². The van der Waals surface area contributed by atoms with Crippen molar-refractivity contribution >= 4 is 0 Å². The van der Waals surface area contributed by atoms with Crippen molar-refractivity contribution in [3.8, 4) is 0 Å². The van der Waals surface area contributed by atoms with Crippen molar-refractivity contribution < 1.29 is 5.11 Å². The minimum Gasteiger partial charge on any atom is -0.390 e. The van der Waals surface area contributed by atoms with Crippen LogP contribution < -0.4 is 0 Å². The highest BCUT2D eigenvalue weighted by Crippen LogP contribution is 2.45. The van der Waals surface area contributed by atoms with E-state index in [9.17, 15) is 5.11 Å². The minimum atomic E-state index is -0.292. The third-order valence-electron chi connectivity index (χ3n) is 3.41. The molecule has 1 rings (SSSR count). The summed E-state index contributed by atoms with van der Waals surface area (Å²) in [6, 6.07) is 0. The first-order valence-electron chi connectivity index (χ1n) is 5.65. The lowest BCUT2D eigenvalue weighted by molar-refractivity contribution is -0.0950. The summed E-state index contributed by atoms with van der Waals surface area (Å²) >= 11 is 0. The lowest BCUT2D eigenvalue weighted by Crippen LogP contribution is -2.45. The molecule has 1 N–H and O–H groups in total. The van der Waals surface area contributed by atoms with Crippen LogP contribution in [0.2, 0.25) is 0 Å². The molecule has 0 radical (unpaired) electrons. The minimum absolute atomic E-state index is 0.292. The Morgan fingerprint density at radius 2 is 1.77 bits per heavy atom. The fourth-order valence-corrected chi connectivity index (χ4v) is 2.15. The predicted octanol–water partition coefficient (Wildman–Crippen LogP) is 3.22. The van der Waals surface area contributed by atoms with Gasteiger partial charge in [0, 0.05) is 0 Å². The van der Waals surface area contributed by atoms with Gasteiger partial charge in [0.05, 0.1) is 5.60 Å². The Morgan fingerprint density at radius 3 is 2.15 bits per heavy atom. The average molecular weight is 184 g/mol. The van der Waals surface area contributed by atoms with Gasteiger partial charge in [0.15, 0.2) is 0 Å². The zero-order chi connectivity index (χ0) is 10.1. The summed E-state index contributed by atoms with van der Waals surface area (Å²) in [5.41, 5.74) is -0.292. The third-order valence-corrected chi connectivity index (χ3v) is 3.41. The molecule has 0 heterocycles. The summed E-state index contributed by atoms with van der Waals surface area (Å²) in [6.07, 6.45) is 4.25. The summed E-state index contributed by atoms with van der Waals surface area (Å²) in [6.45, 7) is 8.96. The van der Waals surface area contributed by atoms with Crippen LogP contribution in [-0.4, -0.2) is 10.7 Å². The van der Waals surface area contributed by atoms with Crippen molar-refractivity contribution in [2.75, 3.05) is 0 Å². The van der Waals surface area contributed by atoms with Crippen molar-refractivity contribution in [3.63, 3.8) is 0 Å². The quantitative estimate of drug-likeness (QED) is 0.711. The standard InChI is InChI=1S/C12H24O/c1-9(2)5-6-12(13)7-11(8-12)10(3)4/h9-11,13H,5-8H2,1-4H3. The molecule has 1 heteroatoms. The van der Waals surface area contributed by atoms with Crippen LogP contribution in [0.25, 0.3) is 0 Å². The Kier molecular flexibility index (Phi) is 3.39. The van der Waals surface area contributed by atoms with Crippen LogP contribution in [0.15, 0.2) is 0 Å². The van der Waals surface area contributed by atoms with Crippen LogP contribution in [0.4, 0.5) is 0 Å². The van der Waals surface area contributed by atoms with Gasteiger partial charge < -0.3 is 5.11 Å². The van der Waals surface area contributed by atoms with Crippen LogP contribution >= 0.6 is 0 Å². The largest absolute Gasteiger partial charge is 0.390 e. The van der Waals surface area contributed by atoms with E-state index < -0.39 is 0 Å². The Labute approximate surface area is 82.5 Å². The van der Waals surface area contributed by atoms with Crippen molar-refractivity contribution in [1.29, 1.82) is 0 Å². The summed E-state index contributed by atoms with van der Waals surface area (Å²) in [4.78, 5) is 0. The first-order chi connectivity index (χ1) is 5.93. The lowest BCUT2D eigenvalue weighted by atomic mass is 9.64. The summed E-state index contributed by atoms with van der Waals surface area (Å²) in [5.74, 6) is 2.25. The van der Waals surface area contributed by atoms with Gasteiger partial charge in [0.25, 0.3) is 0 Å². The molecule has 0 amide bonds. The topological polar surface area (TPSA) is 20.2 Å². The molecule has 1 aliphatic rings. The second kappa shape index (κ2) is 4.00. The molecule has 1 nitrogen and oxygen atoms in total. The van der Waals surface area contributed by atoms with Gasteiger partial charge in [0.2, 0.25) is 0 Å². The number of hydrogen-bond donors (Lipinski definition) is 1. The second-order valence-corrected chi connectivity index (χ2v) is 5.57. The summed E-state index contributed by atoms with van der Waals surface area (Å²) in [5, 5.41) is 10.1. The first-order valence-corrected chi connectivity index (χ1v) is 5.65. The molecule has 0 spiro atoms. The third kappa shape index (κ3) is 2.98. The molecule has 0 unspecified atom stereocenters. The van der Waals surface area contributed by atoms with E-state index in [1.165, 1.54) is 6.42 Å². The zero-order valence-corrected chi connectivity index (χ0v) is 9.51. The molecular formula is C12H24O. The Morgan fingerprint density at radius 1 is 1.23 bits per heavy atom. The Balaban J connectivity index is 2.22. The van der Waals surface area contributed by atoms with Gasteiger partial charge in [-0.25, -0.2) is 0 Å². The summed E-state index contributed by atoms with van der Waals surface area (Å²) in [7, 11) is 0. The Hall–Kier alpha value is -0.0400. The predicted molar refractivity (Wildman–Crippen MR) is 56.6 cm³/mol. The van der Waals surface area contributed by atoms with Crippen molar-refractivity contribution in [1.82, 2.24) is 0 Å². The fraction of sp³-hybridized carbons (Fsp3) is 1.00. The van der Waals surface area contributed by atoms with Crippen LogP contribution in [-0.2, 0) is 0 Å². The average Bonchev–Trinajstić information content (AvgIpc) is 1.95. The van der Waals surface area contributed by atoms with Crippen molar-refractivity contribution in [3.05, 3.63) is 0 Å². The molecule has 1 aliphatic carbocycles. The maximum Gasteiger partial charge on any atom is 0.0653 e. The van der Waals surface area contributed by atoms with Gasteiger partial charge in [-0.1, -0.05) is 27.7 Å². The van der Waals surface area contributed by atoms with Crippen LogP contribution in [0, 0.1) is 17.8 Å². The number of aliphatic hydroxyl groups is 1. The molecule has 78 valence electrons. The van der Waals surface area contributed by atoms with E-state index in [1.54, 1.807) is 0 Å². The van der Waals surface area contributed by atoms with E-state index in [0.717, 1.165) is 37.0 Å². The molecule has 1 fully saturated rings. The van der Waals surface area contributed by atoms with Gasteiger partial charge in [-0.05, 0) is 43.4 Å². The molecular weight excluding hydrogens is 160 g/mol. The maximum atomic E-state index is 10.1. The van der Waals surface area contributed by atoms with E-state index in [2.05, 4.69) is 27.7 Å². The molecule has 0 aromatic rings. The highest BCUT2D eigenvalue weighted by atomic mass is 16.3.